The highest BCUT2D eigenvalue weighted by Gasteiger charge is 2.16. The molecule has 0 atom stereocenters. The molecule has 0 amide bonds. The monoisotopic (exact) mass is 437 g/mol. The Bertz CT molecular complexity index is 1020. The standard InChI is InChI=1S/C14H8BrN5OS3/c1-22-14-18-10-9(23-14)12(17-6-16-10)24-13-20-19-11(21-13)7-4-2-3-5-8(7)15/h2-6H,1H3. The number of aromatic nitrogens is 5. The fraction of sp³-hybridized carbons (Fsp3) is 0.0714. The summed E-state index contributed by atoms with van der Waals surface area (Å²) < 4.78 is 8.54. The number of hydrogen-bond acceptors (Lipinski definition) is 9. The van der Waals surface area contributed by atoms with Crippen molar-refractivity contribution in [2.45, 2.75) is 14.6 Å². The Kier molecular flexibility index (Phi) is 4.53. The van der Waals surface area contributed by atoms with E-state index in [2.05, 4.69) is 41.1 Å². The molecule has 0 saturated carbocycles. The summed E-state index contributed by atoms with van der Waals surface area (Å²) in [7, 11) is 0. The molecular formula is C14H8BrN5OS3. The average Bonchev–Trinajstić information content (AvgIpc) is 3.22. The summed E-state index contributed by atoms with van der Waals surface area (Å²) in [6.45, 7) is 0. The maximum absolute atomic E-state index is 5.77. The van der Waals surface area contributed by atoms with E-state index in [0.29, 0.717) is 16.8 Å². The third-order valence-corrected chi connectivity index (χ3v) is 6.71. The number of halogens is 1. The Morgan fingerprint density at radius 2 is 2.04 bits per heavy atom. The lowest BCUT2D eigenvalue weighted by Gasteiger charge is -1.97. The minimum atomic E-state index is 0.430. The highest BCUT2D eigenvalue weighted by atomic mass is 79.9. The fourth-order valence-electron chi connectivity index (χ4n) is 1.95. The van der Waals surface area contributed by atoms with Gasteiger partial charge in [-0.25, -0.2) is 15.0 Å². The lowest BCUT2D eigenvalue weighted by atomic mass is 10.2. The molecule has 0 aliphatic heterocycles. The first-order valence-corrected chi connectivity index (χ1v) is 10.3. The van der Waals surface area contributed by atoms with Crippen LogP contribution in [0, 0.1) is 0 Å². The molecule has 6 nitrogen and oxygen atoms in total. The highest BCUT2D eigenvalue weighted by Crippen LogP contribution is 2.37. The van der Waals surface area contributed by atoms with Crippen LogP contribution in [0.5, 0.6) is 0 Å². The van der Waals surface area contributed by atoms with Crippen molar-refractivity contribution in [3.63, 3.8) is 0 Å². The van der Waals surface area contributed by atoms with Crippen LogP contribution >= 0.6 is 50.8 Å². The molecular weight excluding hydrogens is 430 g/mol. The second-order valence-electron chi connectivity index (χ2n) is 4.47. The van der Waals surface area contributed by atoms with Crippen LogP contribution in [0.25, 0.3) is 21.8 Å². The van der Waals surface area contributed by atoms with E-state index in [4.69, 9.17) is 4.42 Å². The van der Waals surface area contributed by atoms with Crippen molar-refractivity contribution in [2.24, 2.45) is 0 Å². The molecule has 10 heteroatoms. The van der Waals surface area contributed by atoms with Crippen molar-refractivity contribution >= 4 is 61.1 Å². The van der Waals surface area contributed by atoms with Crippen LogP contribution in [0.4, 0.5) is 0 Å². The molecule has 0 saturated heterocycles. The van der Waals surface area contributed by atoms with Crippen molar-refractivity contribution in [1.82, 2.24) is 25.1 Å². The molecule has 0 radical (unpaired) electrons. The van der Waals surface area contributed by atoms with Gasteiger partial charge in [0.25, 0.3) is 5.22 Å². The Morgan fingerprint density at radius 1 is 1.17 bits per heavy atom. The Labute approximate surface area is 157 Å². The summed E-state index contributed by atoms with van der Waals surface area (Å²) in [5.74, 6) is 0.462. The number of benzene rings is 1. The molecule has 1 aromatic carbocycles. The largest absolute Gasteiger partial charge is 0.411 e. The summed E-state index contributed by atoms with van der Waals surface area (Å²) in [5.41, 5.74) is 1.54. The smallest absolute Gasteiger partial charge is 0.283 e. The molecule has 0 aliphatic rings. The van der Waals surface area contributed by atoms with Crippen LogP contribution in [0.2, 0.25) is 0 Å². The first kappa shape index (κ1) is 16.0. The molecule has 4 rings (SSSR count). The predicted molar refractivity (Wildman–Crippen MR) is 98.5 cm³/mol. The molecule has 0 spiro atoms. The van der Waals surface area contributed by atoms with Gasteiger partial charge in [0.1, 0.15) is 16.1 Å². The van der Waals surface area contributed by atoms with Crippen molar-refractivity contribution in [2.75, 3.05) is 6.26 Å². The summed E-state index contributed by atoms with van der Waals surface area (Å²) >= 11 is 7.95. The van der Waals surface area contributed by atoms with Crippen LogP contribution in [-0.4, -0.2) is 31.4 Å². The van der Waals surface area contributed by atoms with Gasteiger partial charge < -0.3 is 4.42 Å². The van der Waals surface area contributed by atoms with E-state index >= 15 is 0 Å². The van der Waals surface area contributed by atoms with Gasteiger partial charge in [0.15, 0.2) is 9.99 Å². The minimum Gasteiger partial charge on any atom is -0.411 e. The van der Waals surface area contributed by atoms with Crippen molar-refractivity contribution < 1.29 is 4.42 Å². The second-order valence-corrected chi connectivity index (χ2v) is 8.32. The Morgan fingerprint density at radius 3 is 2.88 bits per heavy atom. The third kappa shape index (κ3) is 3.06. The van der Waals surface area contributed by atoms with E-state index in [-0.39, 0.29) is 0 Å². The normalized spacial score (nSPS) is 11.2. The van der Waals surface area contributed by atoms with E-state index in [1.54, 1.807) is 23.1 Å². The molecule has 3 aromatic heterocycles. The maximum Gasteiger partial charge on any atom is 0.283 e. The van der Waals surface area contributed by atoms with Gasteiger partial charge in [-0.05, 0) is 46.1 Å². The lowest BCUT2D eigenvalue weighted by molar-refractivity contribution is 0.465. The van der Waals surface area contributed by atoms with Gasteiger partial charge in [0.2, 0.25) is 5.89 Å². The number of fused-ring (bicyclic) bond motifs is 1. The molecule has 4 aromatic rings. The Hall–Kier alpha value is -1.49. The topological polar surface area (TPSA) is 77.6 Å². The van der Waals surface area contributed by atoms with Gasteiger partial charge in [-0.3, -0.25) is 0 Å². The maximum atomic E-state index is 5.77. The lowest BCUT2D eigenvalue weighted by Crippen LogP contribution is -1.84. The SMILES string of the molecule is CSc1nc2ncnc(Sc3nnc(-c4ccccc4Br)o3)c2s1. The van der Waals surface area contributed by atoms with E-state index in [1.165, 1.54) is 18.1 Å². The van der Waals surface area contributed by atoms with Crippen LogP contribution < -0.4 is 0 Å². The number of nitrogens with zero attached hydrogens (tertiary/aromatic N) is 5. The van der Waals surface area contributed by atoms with Gasteiger partial charge in [-0.2, -0.15) is 0 Å². The van der Waals surface area contributed by atoms with E-state index < -0.39 is 0 Å². The van der Waals surface area contributed by atoms with Gasteiger partial charge in [-0.1, -0.05) is 23.9 Å². The molecule has 24 heavy (non-hydrogen) atoms. The van der Waals surface area contributed by atoms with Gasteiger partial charge in [0, 0.05) is 4.47 Å². The summed E-state index contributed by atoms with van der Waals surface area (Å²) in [5, 5.41) is 9.42. The zero-order chi connectivity index (χ0) is 16.5. The summed E-state index contributed by atoms with van der Waals surface area (Å²) in [6, 6.07) is 7.71. The molecule has 120 valence electrons. The number of thioether (sulfide) groups is 1. The number of rotatable bonds is 4. The predicted octanol–water partition coefficient (Wildman–Crippen LogP) is 4.77. The van der Waals surface area contributed by atoms with E-state index in [1.807, 2.05) is 30.5 Å². The highest BCUT2D eigenvalue weighted by molar-refractivity contribution is 9.10. The average molecular weight is 438 g/mol. The van der Waals surface area contributed by atoms with Gasteiger partial charge in [0.05, 0.1) is 5.56 Å². The van der Waals surface area contributed by atoms with E-state index in [0.717, 1.165) is 24.1 Å². The fourth-order valence-corrected chi connectivity index (χ4v) is 4.70. The van der Waals surface area contributed by atoms with Gasteiger partial charge >= 0.3 is 0 Å². The number of hydrogen-bond donors (Lipinski definition) is 0. The molecule has 0 unspecified atom stereocenters. The quantitative estimate of drug-likeness (QED) is 0.333. The summed E-state index contributed by atoms with van der Waals surface area (Å²) in [4.78, 5) is 13.0. The van der Waals surface area contributed by atoms with Crippen LogP contribution in [0.15, 0.2) is 54.1 Å². The zero-order valence-electron chi connectivity index (χ0n) is 12.1. The van der Waals surface area contributed by atoms with Crippen LogP contribution in [0.3, 0.4) is 0 Å². The van der Waals surface area contributed by atoms with Crippen molar-refractivity contribution in [3.05, 3.63) is 35.1 Å². The first-order valence-electron chi connectivity index (χ1n) is 6.66. The van der Waals surface area contributed by atoms with Gasteiger partial charge in [-0.15, -0.1) is 21.5 Å². The molecule has 0 N–H and O–H groups in total. The third-order valence-electron chi connectivity index (χ3n) is 3.01. The van der Waals surface area contributed by atoms with Crippen molar-refractivity contribution in [3.8, 4) is 11.5 Å². The van der Waals surface area contributed by atoms with Crippen LogP contribution in [0.1, 0.15) is 0 Å². The minimum absolute atomic E-state index is 0.430. The van der Waals surface area contributed by atoms with Crippen molar-refractivity contribution in [1.29, 1.82) is 0 Å². The zero-order valence-corrected chi connectivity index (χ0v) is 16.2. The number of thiazole rings is 1. The summed E-state index contributed by atoms with van der Waals surface area (Å²) in [6.07, 6.45) is 3.49. The second kappa shape index (κ2) is 6.79. The molecule has 3 heterocycles. The molecule has 0 fully saturated rings. The Balaban J connectivity index is 1.67. The molecule has 0 bridgehead atoms. The van der Waals surface area contributed by atoms with Crippen LogP contribution in [-0.2, 0) is 0 Å². The van der Waals surface area contributed by atoms with E-state index in [9.17, 15) is 0 Å². The molecule has 0 aliphatic carbocycles. The first-order chi connectivity index (χ1) is 11.7.